The highest BCUT2D eigenvalue weighted by Gasteiger charge is 2.19. The van der Waals surface area contributed by atoms with Crippen molar-refractivity contribution in [2.24, 2.45) is 7.05 Å². The number of nitrogens with zero attached hydrogens (tertiary/aromatic N) is 3. The average molecular weight is 280 g/mol. The third kappa shape index (κ3) is 2.43. The molecule has 1 atom stereocenters. The van der Waals surface area contributed by atoms with Crippen LogP contribution in [-0.2, 0) is 7.05 Å². The molecule has 0 saturated carbocycles. The van der Waals surface area contributed by atoms with Gasteiger partial charge < -0.3 is 5.32 Å². The van der Waals surface area contributed by atoms with Crippen molar-refractivity contribution in [1.82, 2.24) is 20.1 Å². The second kappa shape index (κ2) is 5.66. The molecule has 1 aromatic carbocycles. The first kappa shape index (κ1) is 13.8. The molecule has 0 aliphatic rings. The summed E-state index contributed by atoms with van der Waals surface area (Å²) in [4.78, 5) is 4.46. The SMILES string of the molecule is CCNC(c1cnn(C)c1C)c1cccc2ncccc12. The van der Waals surface area contributed by atoms with Gasteiger partial charge in [0.15, 0.2) is 0 Å². The fourth-order valence-electron chi connectivity index (χ4n) is 2.77. The summed E-state index contributed by atoms with van der Waals surface area (Å²) >= 11 is 0. The molecular weight excluding hydrogens is 260 g/mol. The maximum atomic E-state index is 4.46. The van der Waals surface area contributed by atoms with Crippen molar-refractivity contribution in [2.45, 2.75) is 19.9 Å². The van der Waals surface area contributed by atoms with Crippen LogP contribution in [0.3, 0.4) is 0 Å². The van der Waals surface area contributed by atoms with Crippen LogP contribution in [0.5, 0.6) is 0 Å². The molecule has 21 heavy (non-hydrogen) atoms. The van der Waals surface area contributed by atoms with Gasteiger partial charge in [-0.15, -0.1) is 0 Å². The van der Waals surface area contributed by atoms with E-state index in [1.807, 2.05) is 30.2 Å². The lowest BCUT2D eigenvalue weighted by Gasteiger charge is -2.20. The highest BCUT2D eigenvalue weighted by molar-refractivity contribution is 5.83. The molecule has 0 fully saturated rings. The minimum absolute atomic E-state index is 0.136. The standard InChI is InChI=1S/C17H20N4/c1-4-18-17(15-11-20-21(3)12(15)2)14-7-5-9-16-13(14)8-6-10-19-16/h5-11,17-18H,4H2,1-3H3. The molecule has 0 aliphatic carbocycles. The van der Waals surface area contributed by atoms with Crippen LogP contribution in [-0.4, -0.2) is 21.3 Å². The Kier molecular flexibility index (Phi) is 3.71. The third-order valence-electron chi connectivity index (χ3n) is 3.98. The largest absolute Gasteiger partial charge is 0.306 e. The van der Waals surface area contributed by atoms with Crippen molar-refractivity contribution in [3.8, 4) is 0 Å². The maximum Gasteiger partial charge on any atom is 0.0705 e. The Morgan fingerprint density at radius 1 is 1.19 bits per heavy atom. The Morgan fingerprint density at radius 2 is 2.05 bits per heavy atom. The summed E-state index contributed by atoms with van der Waals surface area (Å²) in [6, 6.07) is 10.6. The van der Waals surface area contributed by atoms with Crippen molar-refractivity contribution in [2.75, 3.05) is 6.54 Å². The normalized spacial score (nSPS) is 12.7. The number of nitrogens with one attached hydrogen (secondary N) is 1. The quantitative estimate of drug-likeness (QED) is 0.799. The zero-order valence-corrected chi connectivity index (χ0v) is 12.7. The molecule has 0 spiro atoms. The van der Waals surface area contributed by atoms with Crippen LogP contribution in [0.4, 0.5) is 0 Å². The van der Waals surface area contributed by atoms with Gasteiger partial charge in [0, 0.05) is 29.9 Å². The summed E-state index contributed by atoms with van der Waals surface area (Å²) in [5, 5.41) is 9.16. The van der Waals surface area contributed by atoms with Crippen molar-refractivity contribution in [1.29, 1.82) is 0 Å². The van der Waals surface area contributed by atoms with Gasteiger partial charge in [0.25, 0.3) is 0 Å². The number of pyridine rings is 1. The number of fused-ring (bicyclic) bond motifs is 1. The lowest BCUT2D eigenvalue weighted by atomic mass is 9.95. The van der Waals surface area contributed by atoms with Crippen LogP contribution >= 0.6 is 0 Å². The Morgan fingerprint density at radius 3 is 2.76 bits per heavy atom. The molecule has 2 aromatic heterocycles. The second-order valence-corrected chi connectivity index (χ2v) is 5.22. The molecule has 0 saturated heterocycles. The molecule has 4 heteroatoms. The van der Waals surface area contributed by atoms with Crippen molar-refractivity contribution in [3.63, 3.8) is 0 Å². The maximum absolute atomic E-state index is 4.46. The summed E-state index contributed by atoms with van der Waals surface area (Å²) < 4.78 is 1.92. The van der Waals surface area contributed by atoms with Gasteiger partial charge in [0.05, 0.1) is 17.8 Å². The predicted octanol–water partition coefficient (Wildman–Crippen LogP) is 2.98. The smallest absolute Gasteiger partial charge is 0.0705 e. The van der Waals surface area contributed by atoms with Gasteiger partial charge in [-0.05, 0) is 31.2 Å². The molecule has 4 nitrogen and oxygen atoms in total. The minimum atomic E-state index is 0.136. The first-order valence-electron chi connectivity index (χ1n) is 7.28. The molecular formula is C17H20N4. The molecule has 3 rings (SSSR count). The average Bonchev–Trinajstić information content (AvgIpc) is 2.84. The van der Waals surface area contributed by atoms with Gasteiger partial charge in [-0.3, -0.25) is 9.67 Å². The van der Waals surface area contributed by atoms with E-state index < -0.39 is 0 Å². The second-order valence-electron chi connectivity index (χ2n) is 5.22. The first-order chi connectivity index (χ1) is 10.2. The zero-order valence-electron chi connectivity index (χ0n) is 12.7. The molecule has 1 N–H and O–H groups in total. The van der Waals surface area contributed by atoms with E-state index >= 15 is 0 Å². The lowest BCUT2D eigenvalue weighted by molar-refractivity contribution is 0.628. The van der Waals surface area contributed by atoms with Crippen LogP contribution in [0.25, 0.3) is 10.9 Å². The van der Waals surface area contributed by atoms with Gasteiger partial charge >= 0.3 is 0 Å². The number of hydrogen-bond donors (Lipinski definition) is 1. The summed E-state index contributed by atoms with van der Waals surface area (Å²) in [7, 11) is 1.98. The zero-order chi connectivity index (χ0) is 14.8. The Hall–Kier alpha value is -2.20. The van der Waals surface area contributed by atoms with Crippen molar-refractivity contribution >= 4 is 10.9 Å². The first-order valence-corrected chi connectivity index (χ1v) is 7.28. The van der Waals surface area contributed by atoms with E-state index in [2.05, 4.69) is 53.5 Å². The molecule has 0 radical (unpaired) electrons. The van der Waals surface area contributed by atoms with Crippen LogP contribution in [0, 0.1) is 6.92 Å². The van der Waals surface area contributed by atoms with Gasteiger partial charge in [-0.1, -0.05) is 25.1 Å². The monoisotopic (exact) mass is 280 g/mol. The number of aromatic nitrogens is 3. The fourth-order valence-corrected chi connectivity index (χ4v) is 2.77. The molecule has 0 bridgehead atoms. The number of hydrogen-bond acceptors (Lipinski definition) is 3. The highest BCUT2D eigenvalue weighted by atomic mass is 15.3. The van der Waals surface area contributed by atoms with Gasteiger partial charge in [-0.25, -0.2) is 0 Å². The van der Waals surface area contributed by atoms with Crippen LogP contribution in [0.1, 0.15) is 29.8 Å². The molecule has 0 amide bonds. The van der Waals surface area contributed by atoms with E-state index in [1.165, 1.54) is 22.2 Å². The third-order valence-corrected chi connectivity index (χ3v) is 3.98. The van der Waals surface area contributed by atoms with Crippen LogP contribution < -0.4 is 5.32 Å². The predicted molar refractivity (Wildman–Crippen MR) is 85.2 cm³/mol. The number of rotatable bonds is 4. The highest BCUT2D eigenvalue weighted by Crippen LogP contribution is 2.29. The van der Waals surface area contributed by atoms with E-state index in [1.54, 1.807) is 0 Å². The summed E-state index contributed by atoms with van der Waals surface area (Å²) in [5.74, 6) is 0. The van der Waals surface area contributed by atoms with Gasteiger partial charge in [-0.2, -0.15) is 5.10 Å². The van der Waals surface area contributed by atoms with E-state index in [-0.39, 0.29) is 6.04 Å². The van der Waals surface area contributed by atoms with E-state index in [0.29, 0.717) is 0 Å². The molecule has 2 heterocycles. The van der Waals surface area contributed by atoms with E-state index in [0.717, 1.165) is 12.1 Å². The number of benzene rings is 1. The van der Waals surface area contributed by atoms with Gasteiger partial charge in [0.2, 0.25) is 0 Å². The Bertz CT molecular complexity index is 755. The van der Waals surface area contributed by atoms with Crippen molar-refractivity contribution < 1.29 is 0 Å². The molecule has 3 aromatic rings. The lowest BCUT2D eigenvalue weighted by Crippen LogP contribution is -2.22. The summed E-state index contributed by atoms with van der Waals surface area (Å²) in [5.41, 5.74) is 4.68. The fraction of sp³-hybridized carbons (Fsp3) is 0.294. The van der Waals surface area contributed by atoms with Crippen molar-refractivity contribution in [3.05, 3.63) is 59.5 Å². The summed E-state index contributed by atoms with van der Waals surface area (Å²) in [6.45, 7) is 5.13. The molecule has 108 valence electrons. The van der Waals surface area contributed by atoms with E-state index in [4.69, 9.17) is 0 Å². The van der Waals surface area contributed by atoms with Gasteiger partial charge in [0.1, 0.15) is 0 Å². The van der Waals surface area contributed by atoms with Crippen LogP contribution in [0.15, 0.2) is 42.7 Å². The van der Waals surface area contributed by atoms with Crippen LogP contribution in [0.2, 0.25) is 0 Å². The number of aryl methyl sites for hydroxylation is 1. The topological polar surface area (TPSA) is 42.7 Å². The summed E-state index contributed by atoms with van der Waals surface area (Å²) in [6.07, 6.45) is 3.79. The molecule has 0 aliphatic heterocycles. The van der Waals surface area contributed by atoms with E-state index in [9.17, 15) is 0 Å². The Labute approximate surface area is 124 Å². The Balaban J connectivity index is 2.18. The minimum Gasteiger partial charge on any atom is -0.306 e. The molecule has 1 unspecified atom stereocenters.